The van der Waals surface area contributed by atoms with Gasteiger partial charge in [-0.05, 0) is 24.5 Å². The molecule has 1 aromatic carbocycles. The highest BCUT2D eigenvalue weighted by Gasteiger charge is 1.91. The lowest BCUT2D eigenvalue weighted by molar-refractivity contribution is 1.25. The molecular weight excluding hydrogens is 120 g/mol. The van der Waals surface area contributed by atoms with Crippen LogP contribution < -0.4 is 0 Å². The first kappa shape index (κ1) is 6.89. The molecule has 1 radical (unpaired) electrons. The molecule has 1 rings (SSSR count). The first-order valence-corrected chi connectivity index (χ1v) is 3.28. The summed E-state index contributed by atoms with van der Waals surface area (Å²) in [6.45, 7) is 2.05. The Kier molecular flexibility index (Phi) is 2.12. The molecule has 0 nitrogen and oxygen atoms in total. The summed E-state index contributed by atoms with van der Waals surface area (Å²) >= 11 is 0. The van der Waals surface area contributed by atoms with E-state index in [9.17, 15) is 0 Å². The van der Waals surface area contributed by atoms with E-state index in [1.54, 1.807) is 0 Å². The van der Waals surface area contributed by atoms with Crippen LogP contribution in [-0.2, 0) is 6.42 Å². The zero-order valence-corrected chi connectivity index (χ0v) is 6.02. The third-order valence-electron chi connectivity index (χ3n) is 1.54. The quantitative estimate of drug-likeness (QED) is 0.509. The minimum Gasteiger partial charge on any atom is -0.0843 e. The van der Waals surface area contributed by atoms with E-state index >= 15 is 0 Å². The normalized spacial score (nSPS) is 8.80. The molecule has 0 amide bonds. The molecule has 0 aromatic heterocycles. The van der Waals surface area contributed by atoms with Gasteiger partial charge in [0.15, 0.2) is 0 Å². The van der Waals surface area contributed by atoms with Crippen molar-refractivity contribution in [3.63, 3.8) is 0 Å². The first-order chi connectivity index (χ1) is 4.84. The van der Waals surface area contributed by atoms with Crippen LogP contribution in [0.4, 0.5) is 0 Å². The van der Waals surface area contributed by atoms with Gasteiger partial charge in [-0.25, -0.2) is 0 Å². The molecule has 10 heavy (non-hydrogen) atoms. The van der Waals surface area contributed by atoms with E-state index in [4.69, 9.17) is 6.42 Å². The molecule has 49 valence electrons. The van der Waals surface area contributed by atoms with E-state index in [-0.39, 0.29) is 0 Å². The lowest BCUT2D eigenvalue weighted by atomic mass is 10.1. The van der Waals surface area contributed by atoms with Crippen LogP contribution in [0.1, 0.15) is 11.1 Å². The van der Waals surface area contributed by atoms with Gasteiger partial charge in [-0.15, -0.1) is 0 Å². The molecule has 0 saturated carbocycles. The number of benzene rings is 1. The van der Waals surface area contributed by atoms with Crippen molar-refractivity contribution >= 4 is 0 Å². The molecule has 0 atom stereocenters. The maximum Gasteiger partial charge on any atom is 0.0353 e. The maximum atomic E-state index is 6.79. The number of rotatable bonds is 1. The van der Waals surface area contributed by atoms with Crippen molar-refractivity contribution in [3.05, 3.63) is 41.8 Å². The van der Waals surface area contributed by atoms with E-state index in [1.807, 2.05) is 31.2 Å². The molecule has 0 aliphatic rings. The van der Waals surface area contributed by atoms with Gasteiger partial charge in [-0.1, -0.05) is 30.2 Å². The minimum atomic E-state index is 0.632. The fraction of sp³-hybridized carbons (Fsp3) is 0.200. The van der Waals surface area contributed by atoms with E-state index in [0.29, 0.717) is 6.42 Å². The van der Waals surface area contributed by atoms with Crippen LogP contribution in [0.2, 0.25) is 0 Å². The highest BCUT2D eigenvalue weighted by atomic mass is 14.0. The molecule has 0 fully saturated rings. The van der Waals surface area contributed by atoms with E-state index in [1.165, 1.54) is 11.1 Å². The largest absolute Gasteiger partial charge is 0.0843 e. The molecule has 0 saturated heterocycles. The molecule has 0 unspecified atom stereocenters. The number of hydrogen-bond acceptors (Lipinski definition) is 0. The summed E-state index contributed by atoms with van der Waals surface area (Å²) in [5.41, 5.74) is 2.43. The smallest absolute Gasteiger partial charge is 0.0353 e. The van der Waals surface area contributed by atoms with E-state index < -0.39 is 0 Å². The summed E-state index contributed by atoms with van der Waals surface area (Å²) in [5.74, 6) is 2.37. The average molecular weight is 129 g/mol. The van der Waals surface area contributed by atoms with Gasteiger partial charge in [0.25, 0.3) is 0 Å². The van der Waals surface area contributed by atoms with Gasteiger partial charge >= 0.3 is 0 Å². The van der Waals surface area contributed by atoms with Crippen molar-refractivity contribution in [3.8, 4) is 5.92 Å². The Labute approximate surface area is 61.9 Å². The zero-order valence-electron chi connectivity index (χ0n) is 6.02. The fourth-order valence-electron chi connectivity index (χ4n) is 0.904. The Bertz CT molecular complexity index is 253. The number of hydrogen-bond donors (Lipinski definition) is 0. The highest BCUT2D eigenvalue weighted by Crippen LogP contribution is 2.06. The van der Waals surface area contributed by atoms with E-state index in [2.05, 4.69) is 5.92 Å². The highest BCUT2D eigenvalue weighted by molar-refractivity contribution is 5.27. The summed E-state index contributed by atoms with van der Waals surface area (Å²) in [6, 6.07) is 8.06. The van der Waals surface area contributed by atoms with Gasteiger partial charge in [-0.2, -0.15) is 0 Å². The van der Waals surface area contributed by atoms with Crippen molar-refractivity contribution in [2.45, 2.75) is 13.3 Å². The van der Waals surface area contributed by atoms with Gasteiger partial charge in [0.05, 0.1) is 0 Å². The monoisotopic (exact) mass is 129 g/mol. The van der Waals surface area contributed by atoms with Crippen LogP contribution in [0.5, 0.6) is 0 Å². The molecule has 0 bridgehead atoms. The molecule has 0 spiro atoms. The predicted molar refractivity (Wildman–Crippen MR) is 42.0 cm³/mol. The van der Waals surface area contributed by atoms with Crippen LogP contribution in [0, 0.1) is 19.3 Å². The Morgan fingerprint density at radius 1 is 1.40 bits per heavy atom. The van der Waals surface area contributed by atoms with Crippen molar-refractivity contribution in [1.29, 1.82) is 0 Å². The maximum absolute atomic E-state index is 6.79. The lowest BCUT2D eigenvalue weighted by Crippen LogP contribution is -1.84. The second kappa shape index (κ2) is 3.08. The van der Waals surface area contributed by atoms with Crippen molar-refractivity contribution in [1.82, 2.24) is 0 Å². The third kappa shape index (κ3) is 1.39. The lowest BCUT2D eigenvalue weighted by Gasteiger charge is -1.98. The summed E-state index contributed by atoms with van der Waals surface area (Å²) in [4.78, 5) is 0. The SMILES string of the molecule is [C]#CCc1ccccc1C. The average Bonchev–Trinajstić information content (AvgIpc) is 1.94. The van der Waals surface area contributed by atoms with Crippen LogP contribution in [0.15, 0.2) is 24.3 Å². The van der Waals surface area contributed by atoms with Gasteiger partial charge < -0.3 is 0 Å². The minimum absolute atomic E-state index is 0.632. The molecule has 0 aliphatic carbocycles. The van der Waals surface area contributed by atoms with Crippen LogP contribution in [0.25, 0.3) is 0 Å². The summed E-state index contributed by atoms with van der Waals surface area (Å²) in [7, 11) is 0. The zero-order chi connectivity index (χ0) is 7.40. The van der Waals surface area contributed by atoms with Gasteiger partial charge in [-0.3, -0.25) is 0 Å². The second-order valence-corrected chi connectivity index (χ2v) is 2.28. The summed E-state index contributed by atoms with van der Waals surface area (Å²) in [6.07, 6.45) is 7.42. The molecule has 1 aromatic rings. The van der Waals surface area contributed by atoms with Gasteiger partial charge in [0.1, 0.15) is 0 Å². The van der Waals surface area contributed by atoms with Crippen molar-refractivity contribution in [2.24, 2.45) is 0 Å². The molecule has 0 heteroatoms. The predicted octanol–water partition coefficient (Wildman–Crippen LogP) is 2.13. The second-order valence-electron chi connectivity index (χ2n) is 2.28. The van der Waals surface area contributed by atoms with Crippen LogP contribution >= 0.6 is 0 Å². The fourth-order valence-corrected chi connectivity index (χ4v) is 0.904. The summed E-state index contributed by atoms with van der Waals surface area (Å²) in [5, 5.41) is 0. The molecule has 0 aliphatic heterocycles. The Morgan fingerprint density at radius 3 is 2.70 bits per heavy atom. The van der Waals surface area contributed by atoms with Crippen molar-refractivity contribution in [2.75, 3.05) is 0 Å². The molecular formula is C10H9. The Morgan fingerprint density at radius 2 is 2.10 bits per heavy atom. The molecule has 0 N–H and O–H groups in total. The standard InChI is InChI=1S/C10H9/c1-3-6-10-8-5-4-7-9(10)2/h4-5,7-8H,6H2,2H3. The Balaban J connectivity index is 2.94. The van der Waals surface area contributed by atoms with Gasteiger partial charge in [0, 0.05) is 6.42 Å². The topological polar surface area (TPSA) is 0 Å². The van der Waals surface area contributed by atoms with Crippen molar-refractivity contribution < 1.29 is 0 Å². The number of aryl methyl sites for hydroxylation is 1. The summed E-state index contributed by atoms with van der Waals surface area (Å²) < 4.78 is 0. The van der Waals surface area contributed by atoms with Crippen LogP contribution in [0.3, 0.4) is 0 Å². The first-order valence-electron chi connectivity index (χ1n) is 3.28. The van der Waals surface area contributed by atoms with Crippen LogP contribution in [-0.4, -0.2) is 0 Å². The third-order valence-corrected chi connectivity index (χ3v) is 1.54. The molecule has 0 heterocycles. The Hall–Kier alpha value is -1.22. The van der Waals surface area contributed by atoms with E-state index in [0.717, 1.165) is 0 Å². The van der Waals surface area contributed by atoms with Gasteiger partial charge in [0.2, 0.25) is 0 Å².